The normalized spacial score (nSPS) is 13.2. The summed E-state index contributed by atoms with van der Waals surface area (Å²) < 4.78 is 0.844. The molecular weight excluding hydrogens is 438 g/mol. The number of likely N-dealkylation sites (N-methyl/N-ethyl adjacent to an activating group) is 1. The first-order valence-corrected chi connectivity index (χ1v) is 10.1. The van der Waals surface area contributed by atoms with E-state index in [0.717, 1.165) is 30.4 Å². The lowest BCUT2D eigenvalue weighted by molar-refractivity contribution is -0.128. The van der Waals surface area contributed by atoms with Crippen LogP contribution in [-0.2, 0) is 4.79 Å². The highest BCUT2D eigenvalue weighted by Gasteiger charge is 2.21. The van der Waals surface area contributed by atoms with Gasteiger partial charge in [0.05, 0.1) is 17.8 Å². The molecule has 29 heavy (non-hydrogen) atoms. The van der Waals surface area contributed by atoms with E-state index in [4.69, 9.17) is 0 Å². The summed E-state index contributed by atoms with van der Waals surface area (Å²) >= 11 is 3.31. The summed E-state index contributed by atoms with van der Waals surface area (Å²) in [5, 5.41) is 12.2. The molecule has 8 heteroatoms. The summed E-state index contributed by atoms with van der Waals surface area (Å²) in [7, 11) is 1.75. The molecule has 0 aromatic heterocycles. The number of anilines is 2. The maximum absolute atomic E-state index is 12.4. The van der Waals surface area contributed by atoms with Crippen LogP contribution in [0.25, 0.3) is 0 Å². The first kappa shape index (κ1) is 20.9. The second-order valence-corrected chi connectivity index (χ2v) is 7.86. The topological polar surface area (TPSA) is 90.0 Å². The van der Waals surface area contributed by atoms with E-state index < -0.39 is 11.9 Å². The van der Waals surface area contributed by atoms with Crippen LogP contribution in [0.5, 0.6) is 0 Å². The number of carboxylic acids is 1. The molecule has 2 amide bonds. The second-order valence-electron chi connectivity index (χ2n) is 6.94. The fourth-order valence-corrected chi connectivity index (χ4v) is 3.48. The van der Waals surface area contributed by atoms with Gasteiger partial charge in [-0.25, -0.2) is 4.79 Å². The van der Waals surface area contributed by atoms with Crippen LogP contribution in [-0.4, -0.2) is 54.5 Å². The van der Waals surface area contributed by atoms with Crippen LogP contribution in [0.2, 0.25) is 0 Å². The summed E-state index contributed by atoms with van der Waals surface area (Å²) in [6.45, 7) is 1.71. The van der Waals surface area contributed by atoms with Crippen molar-refractivity contribution < 1.29 is 19.5 Å². The zero-order valence-electron chi connectivity index (χ0n) is 16.0. The van der Waals surface area contributed by atoms with Gasteiger partial charge in [-0.1, -0.05) is 15.9 Å². The maximum atomic E-state index is 12.4. The van der Waals surface area contributed by atoms with E-state index in [1.54, 1.807) is 48.3 Å². The third kappa shape index (κ3) is 5.14. The summed E-state index contributed by atoms with van der Waals surface area (Å²) in [5.74, 6) is -1.53. The lowest BCUT2D eigenvalue weighted by Crippen LogP contribution is -2.37. The standard InChI is InChI=1S/C21H22BrN3O4/c1-24(13-19(26)25-10-2-3-11-25)16-8-9-18(17(12-16)21(28)29)23-20(27)14-4-6-15(22)7-5-14/h4-9,12H,2-3,10-11,13H2,1H3,(H,23,27)(H,28,29). The quantitative estimate of drug-likeness (QED) is 0.690. The molecule has 0 saturated carbocycles. The van der Waals surface area contributed by atoms with Crippen LogP contribution in [0.3, 0.4) is 0 Å². The molecule has 1 heterocycles. The highest BCUT2D eigenvalue weighted by molar-refractivity contribution is 9.10. The van der Waals surface area contributed by atoms with Crippen molar-refractivity contribution in [3.8, 4) is 0 Å². The molecule has 2 N–H and O–H groups in total. The molecule has 152 valence electrons. The Bertz CT molecular complexity index is 924. The fraction of sp³-hybridized carbons (Fsp3) is 0.286. The van der Waals surface area contributed by atoms with Gasteiger partial charge in [-0.05, 0) is 55.3 Å². The van der Waals surface area contributed by atoms with Gasteiger partial charge in [0.25, 0.3) is 5.91 Å². The zero-order valence-corrected chi connectivity index (χ0v) is 17.6. The number of carbonyl (C=O) groups excluding carboxylic acids is 2. The van der Waals surface area contributed by atoms with Crippen molar-refractivity contribution in [2.75, 3.05) is 36.9 Å². The van der Waals surface area contributed by atoms with Gasteiger partial charge < -0.3 is 20.2 Å². The molecular formula is C21H22BrN3O4. The second kappa shape index (κ2) is 9.09. The highest BCUT2D eigenvalue weighted by atomic mass is 79.9. The minimum absolute atomic E-state index is 0.0227. The third-order valence-electron chi connectivity index (χ3n) is 4.86. The van der Waals surface area contributed by atoms with Crippen molar-refractivity contribution >= 4 is 45.1 Å². The van der Waals surface area contributed by atoms with E-state index in [1.807, 2.05) is 4.90 Å². The number of likely N-dealkylation sites (tertiary alicyclic amines) is 1. The Morgan fingerprint density at radius 2 is 1.76 bits per heavy atom. The Kier molecular flexibility index (Phi) is 6.53. The van der Waals surface area contributed by atoms with Crippen LogP contribution in [0, 0.1) is 0 Å². The number of rotatable bonds is 6. The van der Waals surface area contributed by atoms with Crippen LogP contribution in [0.4, 0.5) is 11.4 Å². The van der Waals surface area contributed by atoms with Gasteiger partial charge in [0, 0.05) is 35.9 Å². The van der Waals surface area contributed by atoms with E-state index >= 15 is 0 Å². The molecule has 1 aliphatic rings. The van der Waals surface area contributed by atoms with Crippen LogP contribution < -0.4 is 10.2 Å². The van der Waals surface area contributed by atoms with Gasteiger partial charge in [0.15, 0.2) is 0 Å². The highest BCUT2D eigenvalue weighted by Crippen LogP contribution is 2.24. The average molecular weight is 460 g/mol. The molecule has 0 aliphatic carbocycles. The minimum Gasteiger partial charge on any atom is -0.478 e. The van der Waals surface area contributed by atoms with Crippen molar-refractivity contribution in [1.82, 2.24) is 4.90 Å². The maximum Gasteiger partial charge on any atom is 0.337 e. The molecule has 0 atom stereocenters. The lowest BCUT2D eigenvalue weighted by atomic mass is 10.1. The fourth-order valence-electron chi connectivity index (χ4n) is 3.21. The van der Waals surface area contributed by atoms with E-state index in [2.05, 4.69) is 21.2 Å². The number of hydrogen-bond donors (Lipinski definition) is 2. The Morgan fingerprint density at radius 3 is 2.38 bits per heavy atom. The summed E-state index contributed by atoms with van der Waals surface area (Å²) in [6, 6.07) is 11.5. The molecule has 1 aliphatic heterocycles. The number of halogens is 1. The van der Waals surface area contributed by atoms with E-state index in [-0.39, 0.29) is 23.7 Å². The first-order valence-electron chi connectivity index (χ1n) is 9.28. The summed E-state index contributed by atoms with van der Waals surface area (Å²) in [5.41, 5.74) is 1.18. The smallest absolute Gasteiger partial charge is 0.337 e. The number of amides is 2. The Balaban J connectivity index is 1.75. The molecule has 0 spiro atoms. The van der Waals surface area contributed by atoms with Crippen LogP contribution >= 0.6 is 15.9 Å². The number of hydrogen-bond acceptors (Lipinski definition) is 4. The van der Waals surface area contributed by atoms with Crippen LogP contribution in [0.15, 0.2) is 46.9 Å². The molecule has 7 nitrogen and oxygen atoms in total. The number of carbonyl (C=O) groups is 3. The molecule has 1 saturated heterocycles. The molecule has 3 rings (SSSR count). The van der Waals surface area contributed by atoms with E-state index in [9.17, 15) is 19.5 Å². The number of benzene rings is 2. The largest absolute Gasteiger partial charge is 0.478 e. The molecule has 0 radical (unpaired) electrons. The zero-order chi connectivity index (χ0) is 21.0. The number of nitrogens with one attached hydrogen (secondary N) is 1. The van der Waals surface area contributed by atoms with Gasteiger partial charge in [-0.2, -0.15) is 0 Å². The average Bonchev–Trinajstić information content (AvgIpc) is 3.23. The van der Waals surface area contributed by atoms with Gasteiger partial charge in [0.2, 0.25) is 5.91 Å². The SMILES string of the molecule is CN(CC(=O)N1CCCC1)c1ccc(NC(=O)c2ccc(Br)cc2)c(C(=O)O)c1. The van der Waals surface area contributed by atoms with Crippen molar-refractivity contribution in [2.45, 2.75) is 12.8 Å². The van der Waals surface area contributed by atoms with Crippen molar-refractivity contribution in [1.29, 1.82) is 0 Å². The summed E-state index contributed by atoms with van der Waals surface area (Å²) in [4.78, 5) is 40.1. The van der Waals surface area contributed by atoms with Gasteiger partial charge in [-0.3, -0.25) is 9.59 Å². The molecule has 2 aromatic rings. The predicted octanol–water partition coefficient (Wildman–Crippen LogP) is 3.46. The Morgan fingerprint density at radius 1 is 1.10 bits per heavy atom. The molecule has 1 fully saturated rings. The van der Waals surface area contributed by atoms with Gasteiger partial charge in [0.1, 0.15) is 0 Å². The van der Waals surface area contributed by atoms with Gasteiger partial charge >= 0.3 is 5.97 Å². The lowest BCUT2D eigenvalue weighted by Gasteiger charge is -2.23. The van der Waals surface area contributed by atoms with Crippen molar-refractivity contribution in [2.24, 2.45) is 0 Å². The molecule has 0 bridgehead atoms. The summed E-state index contributed by atoms with van der Waals surface area (Å²) in [6.07, 6.45) is 2.04. The monoisotopic (exact) mass is 459 g/mol. The van der Waals surface area contributed by atoms with E-state index in [0.29, 0.717) is 11.3 Å². The predicted molar refractivity (Wildman–Crippen MR) is 115 cm³/mol. The molecule has 0 unspecified atom stereocenters. The van der Waals surface area contributed by atoms with Gasteiger partial charge in [-0.15, -0.1) is 0 Å². The first-order chi connectivity index (χ1) is 13.8. The van der Waals surface area contributed by atoms with E-state index in [1.165, 1.54) is 6.07 Å². The number of nitrogens with zero attached hydrogens (tertiary/aromatic N) is 2. The Labute approximate surface area is 177 Å². The minimum atomic E-state index is -1.16. The van der Waals surface area contributed by atoms with Crippen LogP contribution in [0.1, 0.15) is 33.6 Å². The Hall–Kier alpha value is -2.87. The van der Waals surface area contributed by atoms with Crippen molar-refractivity contribution in [3.63, 3.8) is 0 Å². The molecule has 2 aromatic carbocycles. The van der Waals surface area contributed by atoms with Crippen molar-refractivity contribution in [3.05, 3.63) is 58.1 Å². The third-order valence-corrected chi connectivity index (χ3v) is 5.39. The number of aromatic carboxylic acids is 1. The number of carboxylic acid groups (broad SMARTS) is 1.